The van der Waals surface area contributed by atoms with Gasteiger partial charge in [-0.2, -0.15) is 0 Å². The molecule has 0 heterocycles. The number of carboxylic acid groups (broad SMARTS) is 1. The lowest BCUT2D eigenvalue weighted by Gasteiger charge is -2.14. The summed E-state index contributed by atoms with van der Waals surface area (Å²) in [5, 5.41) is 11.2. The highest BCUT2D eigenvalue weighted by Gasteiger charge is 2.30. The molecule has 1 atom stereocenters. The number of rotatable bonds is 5. The second kappa shape index (κ2) is 5.72. The van der Waals surface area contributed by atoms with Crippen molar-refractivity contribution in [2.45, 2.75) is 19.3 Å². The minimum atomic E-state index is -4.71. The van der Waals surface area contributed by atoms with Gasteiger partial charge in [-0.1, -0.05) is 12.1 Å². The average molecular weight is 263 g/mol. The maximum absolute atomic E-state index is 11.9. The van der Waals surface area contributed by atoms with Crippen LogP contribution in [0.3, 0.4) is 0 Å². The maximum Gasteiger partial charge on any atom is 0.573 e. The molecule has 0 saturated heterocycles. The van der Waals surface area contributed by atoms with Crippen LogP contribution in [0.4, 0.5) is 13.2 Å². The molecule has 0 radical (unpaired) electrons. The Morgan fingerprint density at radius 1 is 1.39 bits per heavy atom. The SMILES string of the molecule is CC(NCC(=O)O)c1ccc(OC(F)(F)F)cc1. The smallest absolute Gasteiger partial charge is 0.480 e. The van der Waals surface area contributed by atoms with Crippen molar-refractivity contribution in [3.63, 3.8) is 0 Å². The summed E-state index contributed by atoms with van der Waals surface area (Å²) in [5.41, 5.74) is 0.672. The van der Waals surface area contributed by atoms with Crippen molar-refractivity contribution in [3.05, 3.63) is 29.8 Å². The lowest BCUT2D eigenvalue weighted by Crippen LogP contribution is -2.25. The van der Waals surface area contributed by atoms with Gasteiger partial charge in [0.05, 0.1) is 6.54 Å². The van der Waals surface area contributed by atoms with Crippen LogP contribution >= 0.6 is 0 Å². The number of carboxylic acids is 1. The molecule has 0 fully saturated rings. The standard InChI is InChI=1S/C11H12F3NO3/c1-7(15-6-10(16)17)8-2-4-9(5-3-8)18-11(12,13)14/h2-5,7,15H,6H2,1H3,(H,16,17). The van der Waals surface area contributed by atoms with Gasteiger partial charge in [0.25, 0.3) is 0 Å². The monoisotopic (exact) mass is 263 g/mol. The van der Waals surface area contributed by atoms with Crippen molar-refractivity contribution in [1.82, 2.24) is 5.32 Å². The number of benzene rings is 1. The number of alkyl halides is 3. The van der Waals surface area contributed by atoms with E-state index in [1.165, 1.54) is 24.3 Å². The van der Waals surface area contributed by atoms with E-state index in [1.54, 1.807) is 6.92 Å². The van der Waals surface area contributed by atoms with E-state index in [9.17, 15) is 18.0 Å². The highest BCUT2D eigenvalue weighted by molar-refractivity contribution is 5.69. The number of halogens is 3. The second-order valence-corrected chi connectivity index (χ2v) is 3.61. The molecule has 0 spiro atoms. The summed E-state index contributed by atoms with van der Waals surface area (Å²) < 4.78 is 39.5. The minimum absolute atomic E-state index is 0.220. The number of ether oxygens (including phenoxy) is 1. The lowest BCUT2D eigenvalue weighted by molar-refractivity contribution is -0.274. The first kappa shape index (κ1) is 14.3. The summed E-state index contributed by atoms with van der Waals surface area (Å²) in [7, 11) is 0. The van der Waals surface area contributed by atoms with Gasteiger partial charge in [0.1, 0.15) is 5.75 Å². The fourth-order valence-electron chi connectivity index (χ4n) is 1.32. The van der Waals surface area contributed by atoms with Gasteiger partial charge in [-0.05, 0) is 24.6 Å². The van der Waals surface area contributed by atoms with Crippen LogP contribution in [0.2, 0.25) is 0 Å². The molecular formula is C11H12F3NO3. The van der Waals surface area contributed by atoms with Crippen LogP contribution in [0.5, 0.6) is 5.75 Å². The molecule has 0 aliphatic heterocycles. The fraction of sp³-hybridized carbons (Fsp3) is 0.364. The van der Waals surface area contributed by atoms with E-state index in [4.69, 9.17) is 5.11 Å². The molecule has 1 aromatic carbocycles. The largest absolute Gasteiger partial charge is 0.573 e. The van der Waals surface area contributed by atoms with Crippen LogP contribution in [0.1, 0.15) is 18.5 Å². The molecule has 18 heavy (non-hydrogen) atoms. The van der Waals surface area contributed by atoms with Crippen molar-refractivity contribution in [2.24, 2.45) is 0 Å². The first-order valence-corrected chi connectivity index (χ1v) is 5.09. The zero-order chi connectivity index (χ0) is 13.8. The van der Waals surface area contributed by atoms with Gasteiger partial charge >= 0.3 is 12.3 Å². The van der Waals surface area contributed by atoms with E-state index in [-0.39, 0.29) is 18.3 Å². The molecular weight excluding hydrogens is 251 g/mol. The van der Waals surface area contributed by atoms with Crippen molar-refractivity contribution >= 4 is 5.97 Å². The van der Waals surface area contributed by atoms with Gasteiger partial charge in [0.15, 0.2) is 0 Å². The fourth-order valence-corrected chi connectivity index (χ4v) is 1.32. The number of nitrogens with one attached hydrogen (secondary N) is 1. The Labute approximate surface area is 101 Å². The highest BCUT2D eigenvalue weighted by Crippen LogP contribution is 2.24. The van der Waals surface area contributed by atoms with Gasteiger partial charge in [-0.25, -0.2) is 0 Å². The molecule has 0 bridgehead atoms. The first-order valence-electron chi connectivity index (χ1n) is 5.09. The van der Waals surface area contributed by atoms with Crippen molar-refractivity contribution in [3.8, 4) is 5.75 Å². The molecule has 0 aromatic heterocycles. The van der Waals surface area contributed by atoms with Crippen LogP contribution in [-0.2, 0) is 4.79 Å². The van der Waals surface area contributed by atoms with E-state index < -0.39 is 12.3 Å². The molecule has 0 amide bonds. The zero-order valence-corrected chi connectivity index (χ0v) is 9.49. The van der Waals surface area contributed by atoms with Crippen LogP contribution in [0, 0.1) is 0 Å². The maximum atomic E-state index is 11.9. The van der Waals surface area contributed by atoms with E-state index in [0.717, 1.165) is 0 Å². The van der Waals surface area contributed by atoms with E-state index in [2.05, 4.69) is 10.1 Å². The van der Waals surface area contributed by atoms with Gasteiger partial charge in [-0.15, -0.1) is 13.2 Å². The molecule has 1 rings (SSSR count). The number of hydrogen-bond donors (Lipinski definition) is 2. The van der Waals surface area contributed by atoms with Crippen LogP contribution in [0.25, 0.3) is 0 Å². The molecule has 0 aliphatic carbocycles. The van der Waals surface area contributed by atoms with Gasteiger partial charge in [0.2, 0.25) is 0 Å². The summed E-state index contributed by atoms with van der Waals surface area (Å²) in [4.78, 5) is 10.3. The second-order valence-electron chi connectivity index (χ2n) is 3.61. The summed E-state index contributed by atoms with van der Waals surface area (Å²) in [6.45, 7) is 1.49. The third-order valence-corrected chi connectivity index (χ3v) is 2.17. The van der Waals surface area contributed by atoms with Crippen LogP contribution in [0.15, 0.2) is 24.3 Å². The Hall–Kier alpha value is -1.76. The first-order chi connectivity index (χ1) is 8.28. The Morgan fingerprint density at radius 2 is 1.94 bits per heavy atom. The number of aliphatic carboxylic acids is 1. The quantitative estimate of drug-likeness (QED) is 0.856. The normalized spacial score (nSPS) is 13.1. The number of hydrogen-bond acceptors (Lipinski definition) is 3. The van der Waals surface area contributed by atoms with E-state index in [0.29, 0.717) is 5.56 Å². The average Bonchev–Trinajstić information content (AvgIpc) is 2.24. The van der Waals surface area contributed by atoms with E-state index in [1.807, 2.05) is 0 Å². The summed E-state index contributed by atoms with van der Waals surface area (Å²) in [5.74, 6) is -1.31. The predicted octanol–water partition coefficient (Wildman–Crippen LogP) is 2.32. The highest BCUT2D eigenvalue weighted by atomic mass is 19.4. The topological polar surface area (TPSA) is 58.6 Å². The van der Waals surface area contributed by atoms with E-state index >= 15 is 0 Å². The lowest BCUT2D eigenvalue weighted by atomic mass is 10.1. The number of carbonyl (C=O) groups is 1. The van der Waals surface area contributed by atoms with Crippen molar-refractivity contribution in [2.75, 3.05) is 6.54 Å². The Kier molecular flexibility index (Phi) is 4.55. The van der Waals surface area contributed by atoms with Crippen molar-refractivity contribution < 1.29 is 27.8 Å². The molecule has 2 N–H and O–H groups in total. The van der Waals surface area contributed by atoms with Gasteiger partial charge in [-0.3, -0.25) is 4.79 Å². The molecule has 7 heteroatoms. The molecule has 4 nitrogen and oxygen atoms in total. The third-order valence-electron chi connectivity index (χ3n) is 2.17. The van der Waals surface area contributed by atoms with Crippen LogP contribution in [-0.4, -0.2) is 24.0 Å². The van der Waals surface area contributed by atoms with Gasteiger partial charge in [0, 0.05) is 6.04 Å². The van der Waals surface area contributed by atoms with Crippen LogP contribution < -0.4 is 10.1 Å². The Bertz CT molecular complexity index is 403. The predicted molar refractivity (Wildman–Crippen MR) is 57.2 cm³/mol. The Morgan fingerprint density at radius 3 is 2.39 bits per heavy atom. The third kappa shape index (κ3) is 5.05. The summed E-state index contributed by atoms with van der Waals surface area (Å²) >= 11 is 0. The molecule has 1 unspecified atom stereocenters. The minimum Gasteiger partial charge on any atom is -0.480 e. The molecule has 0 aliphatic rings. The molecule has 100 valence electrons. The molecule has 1 aromatic rings. The zero-order valence-electron chi connectivity index (χ0n) is 9.49. The van der Waals surface area contributed by atoms with Crippen molar-refractivity contribution in [1.29, 1.82) is 0 Å². The van der Waals surface area contributed by atoms with Gasteiger partial charge < -0.3 is 15.2 Å². The summed E-state index contributed by atoms with van der Waals surface area (Å²) in [6.07, 6.45) is -4.71. The Balaban J connectivity index is 2.62. The molecule has 0 saturated carbocycles. The summed E-state index contributed by atoms with van der Waals surface area (Å²) in [6, 6.07) is 4.98.